The van der Waals surface area contributed by atoms with Gasteiger partial charge in [0.1, 0.15) is 6.10 Å². The van der Waals surface area contributed by atoms with Gasteiger partial charge in [0.2, 0.25) is 6.29 Å². The van der Waals surface area contributed by atoms with E-state index in [1.165, 1.54) is 6.08 Å². The maximum Gasteiger partial charge on any atom is 0.225 e. The smallest absolute Gasteiger partial charge is 0.225 e. The minimum Gasteiger partial charge on any atom is -0.375 e. The van der Waals surface area contributed by atoms with E-state index in [4.69, 9.17) is 9.47 Å². The molecule has 1 unspecified atom stereocenters. The molecule has 0 N–H and O–H groups in total. The summed E-state index contributed by atoms with van der Waals surface area (Å²) in [6.45, 7) is 7.52. The van der Waals surface area contributed by atoms with Crippen LogP contribution in [-0.4, -0.2) is 32.2 Å². The van der Waals surface area contributed by atoms with Gasteiger partial charge in [-0.05, 0) is 13.0 Å². The Bertz CT molecular complexity index is 160. The van der Waals surface area contributed by atoms with Crippen molar-refractivity contribution in [3.63, 3.8) is 0 Å². The third kappa shape index (κ3) is 11.1. The fraction of sp³-hybridized carbons (Fsp3) is 0.500. The van der Waals surface area contributed by atoms with Crippen LogP contribution in [0.25, 0.3) is 0 Å². The number of hydrogen-bond acceptors (Lipinski definition) is 3. The highest BCUT2D eigenvalue weighted by molar-refractivity contribution is 5.65. The molecule has 3 nitrogen and oxygen atoms in total. The van der Waals surface area contributed by atoms with Crippen LogP contribution in [0.3, 0.4) is 0 Å². The Morgan fingerprint density at radius 2 is 2.46 bits per heavy atom. The molecule has 1 rings (SSSR count). The molecule has 0 aromatic carbocycles. The van der Waals surface area contributed by atoms with Gasteiger partial charge in [0.25, 0.3) is 0 Å². The van der Waals surface area contributed by atoms with Gasteiger partial charge in [-0.1, -0.05) is 12.2 Å². The molecule has 1 fully saturated rings. The summed E-state index contributed by atoms with van der Waals surface area (Å²) >= 11 is 0. The predicted molar refractivity (Wildman–Crippen MR) is 51.3 cm³/mol. The summed E-state index contributed by atoms with van der Waals surface area (Å²) < 4.78 is 9.96. The fourth-order valence-corrected chi connectivity index (χ4v) is 0.515. The number of epoxide rings is 1. The van der Waals surface area contributed by atoms with Gasteiger partial charge in [0.15, 0.2) is 0 Å². The average molecular weight is 183 g/mol. The summed E-state index contributed by atoms with van der Waals surface area (Å²) in [6.07, 6.45) is 6.66. The van der Waals surface area contributed by atoms with Crippen molar-refractivity contribution >= 4 is 6.29 Å². The third-order valence-corrected chi connectivity index (χ3v) is 1.18. The Kier molecular flexibility index (Phi) is 8.51. The third-order valence-electron chi connectivity index (χ3n) is 1.18. The molecular weight excluding hydrogens is 168 g/mol. The van der Waals surface area contributed by atoms with Crippen LogP contribution in [0.5, 0.6) is 0 Å². The van der Waals surface area contributed by atoms with Crippen molar-refractivity contribution in [1.82, 2.24) is 0 Å². The molecule has 0 aromatic rings. The maximum atomic E-state index is 9.19. The van der Waals surface area contributed by atoms with Crippen molar-refractivity contribution < 1.29 is 14.3 Å². The minimum absolute atomic E-state index is 0.384. The van der Waals surface area contributed by atoms with Gasteiger partial charge in [-0.25, -0.2) is 0 Å². The second kappa shape index (κ2) is 9.16. The van der Waals surface area contributed by atoms with E-state index in [1.807, 2.05) is 0 Å². The highest BCUT2D eigenvalue weighted by Gasteiger charge is 2.21. The van der Waals surface area contributed by atoms with Crippen molar-refractivity contribution in [2.24, 2.45) is 0 Å². The number of carbonyl (C=O) groups excluding carboxylic acids is 1. The quantitative estimate of drug-likeness (QED) is 0.279. The zero-order valence-corrected chi connectivity index (χ0v) is 7.86. The monoisotopic (exact) mass is 183 g/mol. The first-order chi connectivity index (χ1) is 6.35. The first-order valence-corrected chi connectivity index (χ1v) is 4.14. The molecule has 13 heavy (non-hydrogen) atoms. The lowest BCUT2D eigenvalue weighted by atomic mass is 10.5. The van der Waals surface area contributed by atoms with Crippen molar-refractivity contribution in [3.8, 4) is 0 Å². The van der Waals surface area contributed by atoms with Gasteiger partial charge in [-0.15, -0.1) is 6.58 Å². The van der Waals surface area contributed by atoms with Crippen LogP contribution in [0.2, 0.25) is 0 Å². The van der Waals surface area contributed by atoms with Crippen LogP contribution >= 0.6 is 0 Å². The molecule has 1 aliphatic rings. The second-order valence-corrected chi connectivity index (χ2v) is 2.40. The van der Waals surface area contributed by atoms with Crippen LogP contribution in [-0.2, 0) is 14.3 Å². The second-order valence-electron chi connectivity index (χ2n) is 2.40. The number of hydrogen-bond donors (Lipinski definition) is 0. The zero-order chi connectivity index (χ0) is 9.94. The molecule has 0 saturated carbocycles. The van der Waals surface area contributed by atoms with E-state index in [9.17, 15) is 4.79 Å². The zero-order valence-electron chi connectivity index (χ0n) is 7.86. The van der Waals surface area contributed by atoms with Gasteiger partial charge in [0.05, 0.1) is 19.8 Å². The standard InChI is InChI=1S/C6H10O2.C4H5O/c1-2-3-7-4-6-5-8-6;1-2-3-4-5/h2,6H,1,3-5H2;2-3H,1H3. The summed E-state index contributed by atoms with van der Waals surface area (Å²) in [5.74, 6) is 0. The van der Waals surface area contributed by atoms with E-state index in [0.29, 0.717) is 12.7 Å². The van der Waals surface area contributed by atoms with Crippen LogP contribution in [0, 0.1) is 0 Å². The summed E-state index contributed by atoms with van der Waals surface area (Å²) in [5.41, 5.74) is 0. The molecule has 0 bridgehead atoms. The van der Waals surface area contributed by atoms with Gasteiger partial charge < -0.3 is 9.47 Å². The Balaban J connectivity index is 0.000000252. The topological polar surface area (TPSA) is 38.8 Å². The van der Waals surface area contributed by atoms with Crippen LogP contribution in [0.4, 0.5) is 0 Å². The number of rotatable bonds is 5. The summed E-state index contributed by atoms with van der Waals surface area (Å²) in [6, 6.07) is 0. The molecule has 73 valence electrons. The summed E-state index contributed by atoms with van der Waals surface area (Å²) in [4.78, 5) is 9.19. The van der Waals surface area contributed by atoms with Crippen LogP contribution in [0.1, 0.15) is 6.92 Å². The molecule has 0 aliphatic carbocycles. The van der Waals surface area contributed by atoms with Crippen molar-refractivity contribution in [2.75, 3.05) is 19.8 Å². The Morgan fingerprint density at radius 3 is 2.77 bits per heavy atom. The Labute approximate surface area is 79.0 Å². The summed E-state index contributed by atoms with van der Waals surface area (Å²) in [5, 5.41) is 0. The largest absolute Gasteiger partial charge is 0.375 e. The van der Waals surface area contributed by atoms with E-state index in [1.54, 1.807) is 25.4 Å². The SMILES string of the molecule is C=CCOCC1CO1.CC=C[C]=O. The molecule has 0 spiro atoms. The Hall–Kier alpha value is -0.930. The first kappa shape index (κ1) is 12.1. The Morgan fingerprint density at radius 1 is 1.77 bits per heavy atom. The predicted octanol–water partition coefficient (Wildman–Crippen LogP) is 1.26. The number of ether oxygens (including phenoxy) is 2. The lowest BCUT2D eigenvalue weighted by Gasteiger charge is -1.92. The van der Waals surface area contributed by atoms with E-state index in [2.05, 4.69) is 6.58 Å². The molecule has 1 heterocycles. The highest BCUT2D eigenvalue weighted by Crippen LogP contribution is 2.07. The lowest BCUT2D eigenvalue weighted by Crippen LogP contribution is -2.00. The molecule has 1 aliphatic heterocycles. The summed E-state index contributed by atoms with van der Waals surface area (Å²) in [7, 11) is 0. The van der Waals surface area contributed by atoms with Crippen molar-refractivity contribution in [2.45, 2.75) is 13.0 Å². The van der Waals surface area contributed by atoms with E-state index < -0.39 is 0 Å². The van der Waals surface area contributed by atoms with Crippen molar-refractivity contribution in [1.29, 1.82) is 0 Å². The molecule has 1 saturated heterocycles. The van der Waals surface area contributed by atoms with E-state index >= 15 is 0 Å². The average Bonchev–Trinajstić information content (AvgIpc) is 2.91. The molecule has 1 radical (unpaired) electrons. The number of allylic oxidation sites excluding steroid dienone is 2. The molecule has 3 heteroatoms. The molecular formula is C10H15O3. The molecule has 1 atom stereocenters. The normalized spacial score (nSPS) is 19.0. The van der Waals surface area contributed by atoms with Gasteiger partial charge in [0, 0.05) is 0 Å². The van der Waals surface area contributed by atoms with Crippen LogP contribution < -0.4 is 0 Å². The van der Waals surface area contributed by atoms with Crippen molar-refractivity contribution in [3.05, 3.63) is 24.8 Å². The van der Waals surface area contributed by atoms with Gasteiger partial charge >= 0.3 is 0 Å². The first-order valence-electron chi connectivity index (χ1n) is 4.14. The molecule has 0 aromatic heterocycles. The lowest BCUT2D eigenvalue weighted by molar-refractivity contribution is 0.141. The molecule has 0 amide bonds. The highest BCUT2D eigenvalue weighted by atomic mass is 16.6. The van der Waals surface area contributed by atoms with Crippen LogP contribution in [0.15, 0.2) is 24.8 Å². The fourth-order valence-electron chi connectivity index (χ4n) is 0.515. The maximum absolute atomic E-state index is 9.19. The van der Waals surface area contributed by atoms with E-state index in [-0.39, 0.29) is 0 Å². The van der Waals surface area contributed by atoms with Gasteiger partial charge in [-0.3, -0.25) is 4.79 Å². The minimum atomic E-state index is 0.384. The van der Waals surface area contributed by atoms with E-state index in [0.717, 1.165) is 13.2 Å². The van der Waals surface area contributed by atoms with Gasteiger partial charge in [-0.2, -0.15) is 0 Å².